The van der Waals surface area contributed by atoms with Crippen LogP contribution in [0.1, 0.15) is 80.1 Å². The molecule has 0 aromatic heterocycles. The predicted molar refractivity (Wildman–Crippen MR) is 182 cm³/mol. The monoisotopic (exact) mass is 606 g/mol. The van der Waals surface area contributed by atoms with E-state index in [0.717, 1.165) is 58.3 Å². The number of likely N-dealkylation sites (N-methyl/N-ethyl adjacent to an activating group) is 1. The van der Waals surface area contributed by atoms with Gasteiger partial charge in [-0.1, -0.05) is 56.4 Å². The summed E-state index contributed by atoms with van der Waals surface area (Å²) < 4.78 is 23.4. The van der Waals surface area contributed by atoms with Gasteiger partial charge in [0.25, 0.3) is 0 Å². The van der Waals surface area contributed by atoms with E-state index in [1.807, 2.05) is 73.4 Å². The first-order valence-electron chi connectivity index (χ1n) is 15.4. The molecule has 0 radical (unpaired) electrons. The van der Waals surface area contributed by atoms with Crippen LogP contribution in [0.3, 0.4) is 0 Å². The molecule has 5 nitrogen and oxygen atoms in total. The molecule has 2 heterocycles. The molecule has 1 fully saturated rings. The van der Waals surface area contributed by atoms with Crippen LogP contribution in [0, 0.1) is 5.92 Å². The number of ether oxygens (including phenoxy) is 2. The Hall–Kier alpha value is -2.25. The fourth-order valence-electron chi connectivity index (χ4n) is 4.40. The van der Waals surface area contributed by atoms with E-state index in [1.165, 1.54) is 24.1 Å². The van der Waals surface area contributed by atoms with Crippen molar-refractivity contribution in [1.29, 1.82) is 0 Å². The molecule has 7 heteroatoms. The number of hydrogen-bond donors (Lipinski definition) is 0. The maximum Gasteiger partial charge on any atom is 0.410 e. The maximum atomic E-state index is 12.3. The fraction of sp³-hybridized carbons (Fsp3) is 0.629. The number of allylic oxidation sites excluding steroid dienone is 11. The number of amides is 1. The lowest BCUT2D eigenvalue weighted by Crippen LogP contribution is -2.42. The van der Waals surface area contributed by atoms with Crippen molar-refractivity contribution in [2.24, 2.45) is 5.92 Å². The van der Waals surface area contributed by atoms with Crippen molar-refractivity contribution >= 4 is 17.9 Å². The van der Waals surface area contributed by atoms with Gasteiger partial charge in [0.2, 0.25) is 0 Å². The molecule has 0 spiro atoms. The number of thioether (sulfide) groups is 1. The Labute approximate surface area is 261 Å². The van der Waals surface area contributed by atoms with E-state index >= 15 is 0 Å². The Balaban J connectivity index is 0.00000107. The third-order valence-corrected chi connectivity index (χ3v) is 6.51. The minimum Gasteiger partial charge on any atom is -0.501 e. The number of carbonyl (C=O) groups excluding carboxylic acids is 1. The molecule has 240 valence electrons. The molecular formula is C35H59FN2O3S. The maximum absolute atomic E-state index is 12.3. The van der Waals surface area contributed by atoms with E-state index in [4.69, 9.17) is 9.47 Å². The molecule has 2 atom stereocenters. The van der Waals surface area contributed by atoms with E-state index < -0.39 is 5.60 Å². The van der Waals surface area contributed by atoms with Crippen molar-refractivity contribution in [1.82, 2.24) is 9.80 Å². The molecule has 0 aromatic carbocycles. The Bertz CT molecular complexity index is 902. The van der Waals surface area contributed by atoms with Crippen LogP contribution < -0.4 is 0 Å². The minimum atomic E-state index is -0.447. The Morgan fingerprint density at radius 2 is 1.93 bits per heavy atom. The van der Waals surface area contributed by atoms with E-state index in [2.05, 4.69) is 29.2 Å². The van der Waals surface area contributed by atoms with Crippen molar-refractivity contribution in [2.75, 3.05) is 45.8 Å². The first-order chi connectivity index (χ1) is 20.1. The smallest absolute Gasteiger partial charge is 0.410 e. The average Bonchev–Trinajstić information content (AvgIpc) is 3.12. The molecule has 1 saturated heterocycles. The van der Waals surface area contributed by atoms with Gasteiger partial charge < -0.3 is 19.3 Å². The van der Waals surface area contributed by atoms with Crippen LogP contribution in [-0.4, -0.2) is 73.3 Å². The second-order valence-electron chi connectivity index (χ2n) is 11.3. The van der Waals surface area contributed by atoms with Crippen molar-refractivity contribution in [2.45, 2.75) is 91.7 Å². The lowest BCUT2D eigenvalue weighted by molar-refractivity contribution is 0.0228. The second kappa shape index (κ2) is 24.2. The summed E-state index contributed by atoms with van der Waals surface area (Å²) in [5.74, 6) is 0.483. The highest BCUT2D eigenvalue weighted by Crippen LogP contribution is 2.25. The molecule has 0 aromatic rings. The third kappa shape index (κ3) is 19.8. The zero-order valence-corrected chi connectivity index (χ0v) is 28.7. The standard InChI is InChI=1S/C24H40N2O3.C7H7F.C2H6S.C2H6/c1-6-7-8-9-10-21-17-20(13-16-28-19-21)11-14-26-15-12-22(18-26)25(5)23(27)29-24(2,3)4;8-7-5-3-1-2-4-6-7;1-3-2;1-2/h6-7,9-10,19-20,22H,8,11-18H2,1-5H3;1,3-6H,2H2;1-2H3;1-2H3/b7-6-,10-9?;;;. The van der Waals surface area contributed by atoms with Gasteiger partial charge in [-0.15, -0.1) is 0 Å². The molecule has 0 saturated carbocycles. The summed E-state index contributed by atoms with van der Waals surface area (Å²) in [6.07, 6.45) is 29.0. The van der Waals surface area contributed by atoms with Crippen LogP contribution in [0.4, 0.5) is 9.18 Å². The van der Waals surface area contributed by atoms with Crippen LogP contribution in [0.2, 0.25) is 0 Å². The van der Waals surface area contributed by atoms with E-state index in [9.17, 15) is 9.18 Å². The third-order valence-electron chi connectivity index (χ3n) is 6.51. The molecule has 0 N–H and O–H groups in total. The molecule has 3 rings (SSSR count). The second-order valence-corrected chi connectivity index (χ2v) is 12.1. The summed E-state index contributed by atoms with van der Waals surface area (Å²) in [5, 5.41) is 0. The highest BCUT2D eigenvalue weighted by Gasteiger charge is 2.31. The molecule has 1 aliphatic carbocycles. The van der Waals surface area contributed by atoms with Crippen LogP contribution >= 0.6 is 11.8 Å². The summed E-state index contributed by atoms with van der Waals surface area (Å²) in [4.78, 5) is 16.6. The van der Waals surface area contributed by atoms with Crippen molar-refractivity contribution in [3.63, 3.8) is 0 Å². The first kappa shape index (κ1) is 39.8. The minimum absolute atomic E-state index is 0.168. The van der Waals surface area contributed by atoms with E-state index in [1.54, 1.807) is 28.8 Å². The molecule has 1 amide bonds. The zero-order chi connectivity index (χ0) is 31.8. The van der Waals surface area contributed by atoms with Gasteiger partial charge in [0.05, 0.1) is 12.9 Å². The lowest BCUT2D eigenvalue weighted by atomic mass is 9.94. The normalized spacial score (nSPS) is 20.4. The quantitative estimate of drug-likeness (QED) is 0.270. The predicted octanol–water partition coefficient (Wildman–Crippen LogP) is 9.51. The lowest BCUT2D eigenvalue weighted by Gasteiger charge is -2.28. The molecule has 2 aliphatic heterocycles. The molecule has 2 unspecified atom stereocenters. The molecule has 3 aliphatic rings. The van der Waals surface area contributed by atoms with Crippen LogP contribution in [0.5, 0.6) is 0 Å². The summed E-state index contributed by atoms with van der Waals surface area (Å²) in [5.41, 5.74) is 0.846. The van der Waals surface area contributed by atoms with Gasteiger partial charge in [0, 0.05) is 26.2 Å². The number of halogens is 1. The van der Waals surface area contributed by atoms with Gasteiger partial charge in [-0.2, -0.15) is 11.8 Å². The Morgan fingerprint density at radius 1 is 1.21 bits per heavy atom. The van der Waals surface area contributed by atoms with Gasteiger partial charge in [-0.3, -0.25) is 0 Å². The van der Waals surface area contributed by atoms with Gasteiger partial charge in [0.15, 0.2) is 0 Å². The van der Waals surface area contributed by atoms with Crippen LogP contribution in [-0.2, 0) is 9.47 Å². The van der Waals surface area contributed by atoms with Gasteiger partial charge in [-0.05, 0) is 109 Å². The Kier molecular flexibility index (Phi) is 22.9. The Morgan fingerprint density at radius 3 is 2.60 bits per heavy atom. The summed E-state index contributed by atoms with van der Waals surface area (Å²) >= 11 is 1.75. The van der Waals surface area contributed by atoms with Crippen LogP contribution in [0.15, 0.2) is 72.3 Å². The topological polar surface area (TPSA) is 42.0 Å². The summed E-state index contributed by atoms with van der Waals surface area (Å²) in [7, 11) is 1.86. The van der Waals surface area contributed by atoms with Gasteiger partial charge in [-0.25, -0.2) is 9.18 Å². The van der Waals surface area contributed by atoms with Crippen molar-refractivity contribution in [3.05, 3.63) is 72.3 Å². The molecule has 0 bridgehead atoms. The SMILES string of the molecule is C/C=C\CC=CC1=COCCC(CCN2CCC(N(C)C(=O)OC(C)(C)C)C2)C1.CC.CSC.FC1=CC=CCC=C1. The summed E-state index contributed by atoms with van der Waals surface area (Å²) in [6, 6.07) is 0.243. The highest BCUT2D eigenvalue weighted by atomic mass is 32.2. The molecular weight excluding hydrogens is 547 g/mol. The van der Waals surface area contributed by atoms with Crippen molar-refractivity contribution < 1.29 is 18.7 Å². The van der Waals surface area contributed by atoms with E-state index in [-0.39, 0.29) is 18.0 Å². The number of rotatable bonds is 7. The number of carbonyl (C=O) groups is 1. The zero-order valence-electron chi connectivity index (χ0n) is 27.9. The number of nitrogens with zero attached hydrogens (tertiary/aromatic N) is 2. The number of hydrogen-bond acceptors (Lipinski definition) is 5. The summed E-state index contributed by atoms with van der Waals surface area (Å²) in [6.45, 7) is 15.7. The highest BCUT2D eigenvalue weighted by molar-refractivity contribution is 7.97. The first-order valence-corrected chi connectivity index (χ1v) is 17.1. The van der Waals surface area contributed by atoms with Crippen molar-refractivity contribution in [3.8, 4) is 0 Å². The van der Waals surface area contributed by atoms with Gasteiger partial charge in [0.1, 0.15) is 11.4 Å². The number of likely N-dealkylation sites (tertiary alicyclic amines) is 1. The fourth-order valence-corrected chi connectivity index (χ4v) is 4.40. The van der Waals surface area contributed by atoms with E-state index in [0.29, 0.717) is 5.92 Å². The van der Waals surface area contributed by atoms with Gasteiger partial charge >= 0.3 is 6.09 Å². The molecule has 42 heavy (non-hydrogen) atoms. The average molecular weight is 607 g/mol. The van der Waals surface area contributed by atoms with Crippen LogP contribution in [0.25, 0.3) is 0 Å². The largest absolute Gasteiger partial charge is 0.501 e.